The molecule has 25 heavy (non-hydrogen) atoms. The van der Waals surface area contributed by atoms with E-state index in [2.05, 4.69) is 54.1 Å². The molecule has 2 bridgehead atoms. The van der Waals surface area contributed by atoms with Gasteiger partial charge in [-0.1, -0.05) is 41.9 Å². The van der Waals surface area contributed by atoms with Crippen molar-refractivity contribution in [2.45, 2.75) is 33.1 Å². The van der Waals surface area contributed by atoms with E-state index in [1.807, 2.05) is 0 Å². The van der Waals surface area contributed by atoms with Crippen molar-refractivity contribution in [1.82, 2.24) is 0 Å². The van der Waals surface area contributed by atoms with Crippen LogP contribution in [0.15, 0.2) is 28.8 Å². The number of nitrogens with zero attached hydrogens (tertiary/aromatic N) is 1. The number of carbonyl (C=O) groups is 2. The number of halogens is 1. The third kappa shape index (κ3) is 1.98. The van der Waals surface area contributed by atoms with Gasteiger partial charge in [0.05, 0.1) is 17.5 Å². The predicted molar refractivity (Wildman–Crippen MR) is 100 cm³/mol. The summed E-state index contributed by atoms with van der Waals surface area (Å²) in [6.45, 7) is 4.17. The van der Waals surface area contributed by atoms with Crippen LogP contribution in [0.5, 0.6) is 0 Å². The van der Waals surface area contributed by atoms with Gasteiger partial charge >= 0.3 is 0 Å². The van der Waals surface area contributed by atoms with Crippen LogP contribution in [-0.2, 0) is 22.4 Å². The van der Waals surface area contributed by atoms with Crippen molar-refractivity contribution in [3.8, 4) is 0 Å². The van der Waals surface area contributed by atoms with Gasteiger partial charge in [0, 0.05) is 4.47 Å². The highest BCUT2D eigenvalue weighted by Crippen LogP contribution is 2.65. The average Bonchev–Trinajstić information content (AvgIpc) is 3.39. The number of benzene rings is 1. The summed E-state index contributed by atoms with van der Waals surface area (Å²) in [5.41, 5.74) is 3.03. The SMILES string of the molecule is CCc1cc(Br)cc(CC)c1N1C(=O)[C@H]2[C@@H]3C=C[C@H]([C@@H]4C[C@H]34)[C@@H]2C1=O. The van der Waals surface area contributed by atoms with Crippen molar-refractivity contribution in [2.24, 2.45) is 35.5 Å². The van der Waals surface area contributed by atoms with Crippen molar-refractivity contribution in [1.29, 1.82) is 0 Å². The Morgan fingerprint density at radius 3 is 1.88 bits per heavy atom. The van der Waals surface area contributed by atoms with Crippen molar-refractivity contribution in [3.63, 3.8) is 0 Å². The predicted octanol–water partition coefficient (Wildman–Crippen LogP) is 4.13. The fourth-order valence-electron chi connectivity index (χ4n) is 5.72. The number of rotatable bonds is 3. The van der Waals surface area contributed by atoms with Crippen LogP contribution in [0.4, 0.5) is 5.69 Å². The first-order valence-electron chi connectivity index (χ1n) is 9.44. The molecule has 0 aromatic heterocycles. The second-order valence-electron chi connectivity index (χ2n) is 7.95. The Bertz CT molecular complexity index is 768. The van der Waals surface area contributed by atoms with Crippen molar-refractivity contribution in [3.05, 3.63) is 39.9 Å². The molecule has 1 aromatic carbocycles. The molecular weight excluding hydrogens is 378 g/mol. The molecule has 0 spiro atoms. The highest BCUT2D eigenvalue weighted by atomic mass is 79.9. The molecular formula is C21H22BrNO2. The smallest absolute Gasteiger partial charge is 0.238 e. The molecule has 6 atom stereocenters. The van der Waals surface area contributed by atoms with E-state index >= 15 is 0 Å². The normalized spacial score (nSPS) is 37.5. The molecule has 1 saturated heterocycles. The summed E-state index contributed by atoms with van der Waals surface area (Å²) >= 11 is 3.57. The summed E-state index contributed by atoms with van der Waals surface area (Å²) in [6, 6.07) is 4.11. The van der Waals surface area contributed by atoms with E-state index in [0.717, 1.165) is 34.1 Å². The topological polar surface area (TPSA) is 37.4 Å². The minimum atomic E-state index is -0.121. The fourth-order valence-corrected chi connectivity index (χ4v) is 6.27. The van der Waals surface area contributed by atoms with E-state index in [1.165, 1.54) is 6.42 Å². The Morgan fingerprint density at radius 2 is 1.44 bits per heavy atom. The van der Waals surface area contributed by atoms with E-state index in [9.17, 15) is 9.59 Å². The van der Waals surface area contributed by atoms with Crippen molar-refractivity contribution >= 4 is 33.4 Å². The standard InChI is InChI=1S/C21H22BrNO2/c1-3-10-7-12(22)8-11(4-2)19(10)23-20(24)17-13-5-6-14(16-9-15(13)16)18(17)21(23)25/h5-8,13-18H,3-4,9H2,1-2H3/t13-,14-,15-,16+,17+,18+/m1/s1. The number of imide groups is 1. The average molecular weight is 400 g/mol. The van der Waals surface area contributed by atoms with Gasteiger partial charge in [-0.25, -0.2) is 4.90 Å². The summed E-state index contributed by atoms with van der Waals surface area (Å²) in [6.07, 6.45) is 7.29. The molecule has 1 aliphatic heterocycles. The number of anilines is 1. The highest BCUT2D eigenvalue weighted by molar-refractivity contribution is 9.10. The molecule has 4 aliphatic carbocycles. The lowest BCUT2D eigenvalue weighted by Crippen LogP contribution is -2.40. The van der Waals surface area contributed by atoms with Gasteiger partial charge in [0.1, 0.15) is 0 Å². The maximum atomic E-state index is 13.4. The Hall–Kier alpha value is -1.42. The zero-order chi connectivity index (χ0) is 17.5. The zero-order valence-electron chi connectivity index (χ0n) is 14.5. The lowest BCUT2D eigenvalue weighted by Gasteiger charge is -2.37. The summed E-state index contributed by atoms with van der Waals surface area (Å²) < 4.78 is 1.02. The first-order valence-corrected chi connectivity index (χ1v) is 10.2. The number of hydrogen-bond donors (Lipinski definition) is 0. The quantitative estimate of drug-likeness (QED) is 0.565. The molecule has 2 amide bonds. The van der Waals surface area contributed by atoms with Crippen LogP contribution in [0, 0.1) is 35.5 Å². The van der Waals surface area contributed by atoms with E-state index in [0.29, 0.717) is 11.8 Å². The van der Waals surface area contributed by atoms with Gasteiger partial charge < -0.3 is 0 Å². The van der Waals surface area contributed by atoms with Gasteiger partial charge in [-0.3, -0.25) is 9.59 Å². The number of hydrogen-bond acceptors (Lipinski definition) is 2. The molecule has 2 saturated carbocycles. The zero-order valence-corrected chi connectivity index (χ0v) is 16.1. The van der Waals surface area contributed by atoms with Crippen molar-refractivity contribution in [2.75, 3.05) is 4.90 Å². The van der Waals surface area contributed by atoms with Gasteiger partial charge in [-0.15, -0.1) is 0 Å². The second kappa shape index (κ2) is 5.29. The Labute approximate surface area is 156 Å². The molecule has 0 N–H and O–H groups in total. The number of carbonyl (C=O) groups excluding carboxylic acids is 2. The van der Waals surface area contributed by atoms with E-state index < -0.39 is 0 Å². The third-order valence-electron chi connectivity index (χ3n) is 6.88. The molecule has 0 radical (unpaired) electrons. The van der Waals surface area contributed by atoms with Gasteiger partial charge in [0.25, 0.3) is 0 Å². The summed E-state index contributed by atoms with van der Waals surface area (Å²) in [4.78, 5) is 28.3. The van der Waals surface area contributed by atoms with Crippen LogP contribution < -0.4 is 4.90 Å². The van der Waals surface area contributed by atoms with Gasteiger partial charge in [0.2, 0.25) is 11.8 Å². The van der Waals surface area contributed by atoms with Crippen LogP contribution in [0.1, 0.15) is 31.4 Å². The largest absolute Gasteiger partial charge is 0.274 e. The molecule has 6 rings (SSSR count). The van der Waals surface area contributed by atoms with Gasteiger partial charge in [-0.05, 0) is 66.2 Å². The summed E-state index contributed by atoms with van der Waals surface area (Å²) in [5, 5.41) is 0. The number of aryl methyl sites for hydroxylation is 2. The molecule has 5 aliphatic rings. The number of allylic oxidation sites excluding steroid dienone is 2. The molecule has 130 valence electrons. The van der Waals surface area contributed by atoms with E-state index in [-0.39, 0.29) is 35.5 Å². The monoisotopic (exact) mass is 399 g/mol. The fraction of sp³-hybridized carbons (Fsp3) is 0.524. The minimum Gasteiger partial charge on any atom is -0.274 e. The van der Waals surface area contributed by atoms with Gasteiger partial charge in [-0.2, -0.15) is 0 Å². The molecule has 3 fully saturated rings. The van der Waals surface area contributed by atoms with Crippen LogP contribution in [0.3, 0.4) is 0 Å². The minimum absolute atomic E-state index is 0.0476. The molecule has 0 unspecified atom stereocenters. The Kier molecular flexibility index (Phi) is 3.35. The summed E-state index contributed by atoms with van der Waals surface area (Å²) in [7, 11) is 0. The van der Waals surface area contributed by atoms with Crippen LogP contribution in [0.25, 0.3) is 0 Å². The molecule has 4 heteroatoms. The summed E-state index contributed by atoms with van der Waals surface area (Å²) in [5.74, 6) is 1.72. The van der Waals surface area contributed by atoms with Crippen LogP contribution in [0.2, 0.25) is 0 Å². The lowest BCUT2D eigenvalue weighted by atomic mass is 9.63. The maximum Gasteiger partial charge on any atom is 0.238 e. The molecule has 3 nitrogen and oxygen atoms in total. The maximum absolute atomic E-state index is 13.4. The molecule has 1 aromatic rings. The highest BCUT2D eigenvalue weighted by Gasteiger charge is 2.67. The van der Waals surface area contributed by atoms with E-state index in [1.54, 1.807) is 4.90 Å². The van der Waals surface area contributed by atoms with Crippen LogP contribution >= 0.6 is 15.9 Å². The van der Waals surface area contributed by atoms with E-state index in [4.69, 9.17) is 0 Å². The lowest BCUT2D eigenvalue weighted by molar-refractivity contribution is -0.124. The second-order valence-corrected chi connectivity index (χ2v) is 8.86. The van der Waals surface area contributed by atoms with Crippen LogP contribution in [-0.4, -0.2) is 11.8 Å². The first-order chi connectivity index (χ1) is 12.1. The number of amides is 2. The molecule has 1 heterocycles. The Morgan fingerprint density at radius 1 is 0.960 bits per heavy atom. The van der Waals surface area contributed by atoms with Crippen molar-refractivity contribution < 1.29 is 9.59 Å². The van der Waals surface area contributed by atoms with Gasteiger partial charge in [0.15, 0.2) is 0 Å². The first kappa shape index (κ1) is 15.8. The Balaban J connectivity index is 1.63. The third-order valence-corrected chi connectivity index (χ3v) is 7.34.